The molecule has 3 aromatic rings. The van der Waals surface area contributed by atoms with Crippen molar-refractivity contribution in [2.45, 2.75) is 0 Å². The van der Waals surface area contributed by atoms with Gasteiger partial charge in [-0.15, -0.1) is 0 Å². The van der Waals surface area contributed by atoms with Gasteiger partial charge in [0.05, 0.1) is 36.7 Å². The lowest BCUT2D eigenvalue weighted by atomic mass is 10.1. The molecule has 0 spiro atoms. The minimum Gasteiger partial charge on any atom is -0.378 e. The van der Waals surface area contributed by atoms with Crippen molar-refractivity contribution in [3.05, 3.63) is 36.0 Å². The smallest absolute Gasteiger partial charge is 0.224 e. The maximum atomic E-state index is 8.92. The monoisotopic (exact) mass is 333 g/mol. The van der Waals surface area contributed by atoms with Crippen LogP contribution in [-0.4, -0.2) is 46.2 Å². The SMILES string of the molecule is N#Cc1ccc(-c2cnc3nc(N)nc(N4CCOCC4)c3n2)cc1. The Bertz CT molecular complexity index is 959. The minimum atomic E-state index is 0.175. The molecular formula is C17H15N7O. The molecule has 0 amide bonds. The van der Waals surface area contributed by atoms with Crippen molar-refractivity contribution in [1.29, 1.82) is 5.26 Å². The van der Waals surface area contributed by atoms with Crippen LogP contribution in [-0.2, 0) is 4.74 Å². The maximum absolute atomic E-state index is 8.92. The predicted molar refractivity (Wildman–Crippen MR) is 92.7 cm³/mol. The minimum absolute atomic E-state index is 0.175. The third kappa shape index (κ3) is 2.93. The molecule has 0 bridgehead atoms. The van der Waals surface area contributed by atoms with E-state index in [1.807, 2.05) is 12.1 Å². The van der Waals surface area contributed by atoms with E-state index in [9.17, 15) is 0 Å². The fourth-order valence-electron chi connectivity index (χ4n) is 2.76. The van der Waals surface area contributed by atoms with E-state index in [0.29, 0.717) is 54.5 Å². The van der Waals surface area contributed by atoms with Gasteiger partial charge in [0, 0.05) is 18.7 Å². The van der Waals surface area contributed by atoms with Gasteiger partial charge in [-0.25, -0.2) is 9.97 Å². The van der Waals surface area contributed by atoms with Gasteiger partial charge in [-0.05, 0) is 12.1 Å². The Hall–Kier alpha value is -3.31. The number of hydrogen-bond acceptors (Lipinski definition) is 8. The fourth-order valence-corrected chi connectivity index (χ4v) is 2.76. The number of ether oxygens (including phenoxy) is 1. The molecule has 4 rings (SSSR count). The second-order valence-corrected chi connectivity index (χ2v) is 5.62. The zero-order valence-corrected chi connectivity index (χ0v) is 13.4. The first-order chi connectivity index (χ1) is 12.2. The molecule has 124 valence electrons. The number of anilines is 2. The number of nitrogens with zero attached hydrogens (tertiary/aromatic N) is 6. The van der Waals surface area contributed by atoms with Crippen LogP contribution >= 0.6 is 0 Å². The van der Waals surface area contributed by atoms with Gasteiger partial charge in [-0.3, -0.25) is 0 Å². The second-order valence-electron chi connectivity index (χ2n) is 5.62. The summed E-state index contributed by atoms with van der Waals surface area (Å²) in [4.78, 5) is 19.8. The van der Waals surface area contributed by atoms with Crippen molar-refractivity contribution < 1.29 is 4.74 Å². The van der Waals surface area contributed by atoms with E-state index in [0.717, 1.165) is 5.56 Å². The molecule has 1 aromatic carbocycles. The molecule has 2 N–H and O–H groups in total. The molecule has 0 unspecified atom stereocenters. The highest BCUT2D eigenvalue weighted by Gasteiger charge is 2.19. The van der Waals surface area contributed by atoms with Gasteiger partial charge in [0.15, 0.2) is 17.0 Å². The van der Waals surface area contributed by atoms with E-state index in [2.05, 4.69) is 25.9 Å². The first-order valence-electron chi connectivity index (χ1n) is 7.88. The number of rotatable bonds is 2. The van der Waals surface area contributed by atoms with Gasteiger partial charge in [0.1, 0.15) is 0 Å². The number of nitriles is 1. The number of nitrogens with two attached hydrogens (primary N) is 1. The number of nitrogen functional groups attached to an aromatic ring is 1. The van der Waals surface area contributed by atoms with Crippen LogP contribution in [0, 0.1) is 11.3 Å². The fraction of sp³-hybridized carbons (Fsp3) is 0.235. The Balaban J connectivity index is 1.83. The van der Waals surface area contributed by atoms with Gasteiger partial charge in [0.25, 0.3) is 0 Å². The molecule has 1 aliphatic heterocycles. The number of fused-ring (bicyclic) bond motifs is 1. The van der Waals surface area contributed by atoms with E-state index in [1.54, 1.807) is 18.3 Å². The molecule has 8 heteroatoms. The Morgan fingerprint density at radius 2 is 1.84 bits per heavy atom. The molecule has 8 nitrogen and oxygen atoms in total. The summed E-state index contributed by atoms with van der Waals surface area (Å²) in [5.74, 6) is 0.850. The van der Waals surface area contributed by atoms with E-state index in [-0.39, 0.29) is 5.95 Å². The predicted octanol–water partition coefficient (Wildman–Crippen LogP) is 1.38. The number of hydrogen-bond donors (Lipinski definition) is 1. The zero-order chi connectivity index (χ0) is 17.2. The molecule has 0 radical (unpaired) electrons. The molecule has 3 heterocycles. The number of morpholine rings is 1. The summed E-state index contributed by atoms with van der Waals surface area (Å²) >= 11 is 0. The molecule has 0 aliphatic carbocycles. The summed E-state index contributed by atoms with van der Waals surface area (Å²) in [7, 11) is 0. The Morgan fingerprint density at radius 3 is 2.56 bits per heavy atom. The summed E-state index contributed by atoms with van der Waals surface area (Å²) in [6, 6.07) is 9.31. The molecule has 0 saturated carbocycles. The van der Waals surface area contributed by atoms with Crippen molar-refractivity contribution >= 4 is 22.9 Å². The summed E-state index contributed by atoms with van der Waals surface area (Å²) in [5, 5.41) is 8.92. The van der Waals surface area contributed by atoms with E-state index < -0.39 is 0 Å². The average Bonchev–Trinajstić information content (AvgIpc) is 2.68. The standard InChI is InChI=1S/C17H15N7O/c18-9-11-1-3-12(4-2-11)13-10-20-15-14(21-13)16(23-17(19)22-15)24-5-7-25-8-6-24/h1-4,10H,5-8H2,(H2,19,20,22,23). The van der Waals surface area contributed by atoms with Crippen LogP contribution in [0.25, 0.3) is 22.4 Å². The van der Waals surface area contributed by atoms with Gasteiger partial charge < -0.3 is 15.4 Å². The molecule has 1 saturated heterocycles. The first-order valence-corrected chi connectivity index (χ1v) is 7.88. The number of benzene rings is 1. The third-order valence-electron chi connectivity index (χ3n) is 4.03. The summed E-state index contributed by atoms with van der Waals surface area (Å²) in [6.45, 7) is 2.70. The van der Waals surface area contributed by atoms with Gasteiger partial charge >= 0.3 is 0 Å². The van der Waals surface area contributed by atoms with E-state index in [4.69, 9.17) is 20.7 Å². The van der Waals surface area contributed by atoms with Gasteiger partial charge in [-0.1, -0.05) is 12.1 Å². The van der Waals surface area contributed by atoms with Crippen LogP contribution in [0.5, 0.6) is 0 Å². The first kappa shape index (κ1) is 15.2. The molecule has 2 aromatic heterocycles. The zero-order valence-electron chi connectivity index (χ0n) is 13.4. The maximum Gasteiger partial charge on any atom is 0.224 e. The van der Waals surface area contributed by atoms with Crippen LogP contribution in [0.15, 0.2) is 30.5 Å². The second kappa shape index (κ2) is 6.30. The van der Waals surface area contributed by atoms with Crippen molar-refractivity contribution in [3.8, 4) is 17.3 Å². The van der Waals surface area contributed by atoms with Crippen LogP contribution in [0.1, 0.15) is 5.56 Å². The highest BCUT2D eigenvalue weighted by molar-refractivity contribution is 5.85. The van der Waals surface area contributed by atoms with E-state index >= 15 is 0 Å². The Kier molecular flexibility index (Phi) is 3.84. The topological polar surface area (TPSA) is 114 Å². The normalized spacial score (nSPS) is 14.4. The Morgan fingerprint density at radius 1 is 1.08 bits per heavy atom. The van der Waals surface area contributed by atoms with Gasteiger partial charge in [0.2, 0.25) is 5.95 Å². The van der Waals surface area contributed by atoms with Crippen LogP contribution in [0.2, 0.25) is 0 Å². The lowest BCUT2D eigenvalue weighted by Gasteiger charge is -2.28. The summed E-state index contributed by atoms with van der Waals surface area (Å²) < 4.78 is 5.40. The van der Waals surface area contributed by atoms with Crippen molar-refractivity contribution in [2.24, 2.45) is 0 Å². The highest BCUT2D eigenvalue weighted by Crippen LogP contribution is 2.26. The van der Waals surface area contributed by atoms with Gasteiger partial charge in [-0.2, -0.15) is 15.2 Å². The molecule has 1 aliphatic rings. The summed E-state index contributed by atoms with van der Waals surface area (Å²) in [6.07, 6.45) is 1.65. The van der Waals surface area contributed by atoms with Crippen molar-refractivity contribution in [1.82, 2.24) is 19.9 Å². The molecule has 1 fully saturated rings. The van der Waals surface area contributed by atoms with E-state index in [1.165, 1.54) is 0 Å². The third-order valence-corrected chi connectivity index (χ3v) is 4.03. The lowest BCUT2D eigenvalue weighted by Crippen LogP contribution is -2.37. The molecule has 0 atom stereocenters. The summed E-state index contributed by atoms with van der Waals surface area (Å²) in [5.41, 5.74) is 9.07. The molecule has 25 heavy (non-hydrogen) atoms. The molecular weight excluding hydrogens is 318 g/mol. The highest BCUT2D eigenvalue weighted by atomic mass is 16.5. The average molecular weight is 333 g/mol. The van der Waals surface area contributed by atoms with Crippen LogP contribution in [0.3, 0.4) is 0 Å². The van der Waals surface area contributed by atoms with Crippen molar-refractivity contribution in [2.75, 3.05) is 36.9 Å². The van der Waals surface area contributed by atoms with Crippen LogP contribution in [0.4, 0.5) is 11.8 Å². The largest absolute Gasteiger partial charge is 0.378 e. The lowest BCUT2D eigenvalue weighted by molar-refractivity contribution is 0.122. The Labute approximate surface area is 143 Å². The number of aromatic nitrogens is 4. The van der Waals surface area contributed by atoms with Crippen molar-refractivity contribution in [3.63, 3.8) is 0 Å². The quantitative estimate of drug-likeness (QED) is 0.748. The van der Waals surface area contributed by atoms with Crippen LogP contribution < -0.4 is 10.6 Å².